The van der Waals surface area contributed by atoms with E-state index in [1.54, 1.807) is 11.4 Å². The van der Waals surface area contributed by atoms with Crippen molar-refractivity contribution in [1.29, 1.82) is 0 Å². The van der Waals surface area contributed by atoms with Crippen LogP contribution in [-0.2, 0) is 16.4 Å². The smallest absolute Gasteiger partial charge is 0.251 e. The number of hydrogen-bond acceptors (Lipinski definition) is 4. The van der Waals surface area contributed by atoms with Crippen LogP contribution >= 0.6 is 27.3 Å². The summed E-state index contributed by atoms with van der Waals surface area (Å²) < 4.78 is 33.0. The third-order valence-corrected chi connectivity index (χ3v) is 6.91. The molecule has 0 unspecified atom stereocenters. The van der Waals surface area contributed by atoms with E-state index in [4.69, 9.17) is 11.2 Å². The van der Waals surface area contributed by atoms with Crippen molar-refractivity contribution in [3.63, 3.8) is 0 Å². The molecule has 22 heavy (non-hydrogen) atoms. The molecule has 0 spiro atoms. The first-order valence-electron chi connectivity index (χ1n) is 6.41. The number of hydrogen-bond donors (Lipinski definition) is 1. The molecule has 116 valence electrons. The fourth-order valence-electron chi connectivity index (χ4n) is 1.74. The molecular weight excluding hydrogens is 386 g/mol. The van der Waals surface area contributed by atoms with Crippen LogP contribution in [0, 0.1) is 12.3 Å². The van der Waals surface area contributed by atoms with Crippen LogP contribution < -0.4 is 9.46 Å². The standard InChI is InChI=1S/C15H14BrNO3S2/c1-2-10-20-13-5-3-12(4-6-13)7-9-17-22(18,19)15-14(16)8-11-21-15/h1,3-6,8,11,17H,7,9-10H2. The second-order valence-corrected chi connectivity index (χ2v) is 8.07. The third-order valence-electron chi connectivity index (χ3n) is 2.78. The monoisotopic (exact) mass is 399 g/mol. The molecule has 2 aromatic rings. The summed E-state index contributed by atoms with van der Waals surface area (Å²) in [5.41, 5.74) is 1.01. The van der Waals surface area contributed by atoms with E-state index in [1.807, 2.05) is 24.3 Å². The molecule has 0 amide bonds. The van der Waals surface area contributed by atoms with Gasteiger partial charge in [0.1, 0.15) is 16.6 Å². The summed E-state index contributed by atoms with van der Waals surface area (Å²) in [6.07, 6.45) is 5.72. The Morgan fingerprint density at radius 2 is 2.00 bits per heavy atom. The Balaban J connectivity index is 1.89. The molecule has 0 atom stereocenters. The minimum Gasteiger partial charge on any atom is -0.481 e. The largest absolute Gasteiger partial charge is 0.481 e. The van der Waals surface area contributed by atoms with Gasteiger partial charge < -0.3 is 4.74 Å². The molecule has 0 aliphatic carbocycles. The number of halogens is 1. The zero-order valence-corrected chi connectivity index (χ0v) is 14.8. The normalized spacial score (nSPS) is 11.1. The highest BCUT2D eigenvalue weighted by atomic mass is 79.9. The van der Waals surface area contributed by atoms with Crippen molar-refractivity contribution in [2.45, 2.75) is 10.6 Å². The van der Waals surface area contributed by atoms with Gasteiger partial charge in [0.05, 0.1) is 0 Å². The molecule has 0 bridgehead atoms. The van der Waals surface area contributed by atoms with Crippen molar-refractivity contribution in [3.8, 4) is 18.1 Å². The van der Waals surface area contributed by atoms with E-state index < -0.39 is 10.0 Å². The molecule has 4 nitrogen and oxygen atoms in total. The Kier molecular flexibility index (Phi) is 6.03. The molecule has 0 saturated carbocycles. The lowest BCUT2D eigenvalue weighted by Crippen LogP contribution is -2.25. The van der Waals surface area contributed by atoms with Gasteiger partial charge in [0.2, 0.25) is 0 Å². The average Bonchev–Trinajstić information content (AvgIpc) is 2.93. The lowest BCUT2D eigenvalue weighted by atomic mass is 10.1. The van der Waals surface area contributed by atoms with Gasteiger partial charge in [0.25, 0.3) is 10.0 Å². The summed E-state index contributed by atoms with van der Waals surface area (Å²) in [6.45, 7) is 0.562. The molecule has 0 fully saturated rings. The van der Waals surface area contributed by atoms with E-state index in [1.165, 1.54) is 11.3 Å². The van der Waals surface area contributed by atoms with Crippen LogP contribution in [0.3, 0.4) is 0 Å². The van der Waals surface area contributed by atoms with Crippen LogP contribution in [0.4, 0.5) is 0 Å². The maximum absolute atomic E-state index is 12.1. The summed E-state index contributed by atoms with van der Waals surface area (Å²) in [6, 6.07) is 9.13. The van der Waals surface area contributed by atoms with E-state index in [9.17, 15) is 8.42 Å². The van der Waals surface area contributed by atoms with Gasteiger partial charge in [0, 0.05) is 11.0 Å². The fraction of sp³-hybridized carbons (Fsp3) is 0.200. The molecule has 1 aromatic heterocycles. The van der Waals surface area contributed by atoms with Crippen LogP contribution in [0.1, 0.15) is 5.56 Å². The van der Waals surface area contributed by atoms with Gasteiger partial charge in [-0.3, -0.25) is 0 Å². The van der Waals surface area contributed by atoms with Crippen LogP contribution in [0.5, 0.6) is 5.75 Å². The van der Waals surface area contributed by atoms with Gasteiger partial charge >= 0.3 is 0 Å². The molecule has 1 N–H and O–H groups in total. The quantitative estimate of drug-likeness (QED) is 0.727. The van der Waals surface area contributed by atoms with E-state index in [-0.39, 0.29) is 6.61 Å². The second kappa shape index (κ2) is 7.79. The van der Waals surface area contributed by atoms with Gasteiger partial charge in [0.15, 0.2) is 0 Å². The first kappa shape index (κ1) is 17.0. The summed E-state index contributed by atoms with van der Waals surface area (Å²) in [7, 11) is -3.46. The topological polar surface area (TPSA) is 55.4 Å². The van der Waals surface area contributed by atoms with E-state index in [2.05, 4.69) is 26.6 Å². The maximum atomic E-state index is 12.1. The van der Waals surface area contributed by atoms with Crippen LogP contribution in [0.2, 0.25) is 0 Å². The van der Waals surface area contributed by atoms with Crippen LogP contribution in [0.25, 0.3) is 0 Å². The van der Waals surface area contributed by atoms with Crippen LogP contribution in [0.15, 0.2) is 44.4 Å². The van der Waals surface area contributed by atoms with Gasteiger partial charge in [-0.25, -0.2) is 13.1 Å². The van der Waals surface area contributed by atoms with Crippen molar-refractivity contribution in [2.75, 3.05) is 13.2 Å². The predicted octanol–water partition coefficient (Wildman–Crippen LogP) is 3.04. The molecule has 1 heterocycles. The van der Waals surface area contributed by atoms with Gasteiger partial charge in [-0.2, -0.15) is 0 Å². The van der Waals surface area contributed by atoms with Crippen molar-refractivity contribution in [1.82, 2.24) is 4.72 Å². The van der Waals surface area contributed by atoms with Crippen LogP contribution in [-0.4, -0.2) is 21.6 Å². The Hall–Kier alpha value is -1.33. The van der Waals surface area contributed by atoms with E-state index in [0.717, 1.165) is 5.56 Å². The van der Waals surface area contributed by atoms with Gasteiger partial charge in [-0.1, -0.05) is 18.1 Å². The minimum atomic E-state index is -3.46. The Morgan fingerprint density at radius 3 is 2.59 bits per heavy atom. The average molecular weight is 400 g/mol. The summed E-state index contributed by atoms with van der Waals surface area (Å²) >= 11 is 4.41. The SMILES string of the molecule is C#CCOc1ccc(CCNS(=O)(=O)c2sccc2Br)cc1. The number of ether oxygens (including phenoxy) is 1. The highest BCUT2D eigenvalue weighted by Crippen LogP contribution is 2.27. The molecule has 1 aromatic carbocycles. The Labute approximate surface area is 142 Å². The Morgan fingerprint density at radius 1 is 1.27 bits per heavy atom. The van der Waals surface area contributed by atoms with Crippen molar-refractivity contribution in [2.24, 2.45) is 0 Å². The number of benzene rings is 1. The fourth-order valence-corrected chi connectivity index (χ4v) is 5.16. The summed E-state index contributed by atoms with van der Waals surface area (Å²) in [4.78, 5) is 0. The molecular formula is C15H14BrNO3S2. The highest BCUT2D eigenvalue weighted by molar-refractivity contribution is 9.10. The van der Waals surface area contributed by atoms with Crippen molar-refractivity contribution < 1.29 is 13.2 Å². The molecule has 7 heteroatoms. The molecule has 0 aliphatic rings. The predicted molar refractivity (Wildman–Crippen MR) is 91.7 cm³/mol. The zero-order chi connectivity index (χ0) is 16.0. The van der Waals surface area contributed by atoms with Gasteiger partial charge in [-0.15, -0.1) is 17.8 Å². The van der Waals surface area contributed by atoms with E-state index in [0.29, 0.717) is 27.4 Å². The lowest BCUT2D eigenvalue weighted by Gasteiger charge is -2.07. The number of terminal acetylenes is 1. The third kappa shape index (κ3) is 4.58. The van der Waals surface area contributed by atoms with E-state index >= 15 is 0 Å². The maximum Gasteiger partial charge on any atom is 0.251 e. The number of rotatable bonds is 7. The summed E-state index contributed by atoms with van der Waals surface area (Å²) in [5, 5.41) is 1.73. The summed E-state index contributed by atoms with van der Waals surface area (Å²) in [5.74, 6) is 3.10. The van der Waals surface area contributed by atoms with Crippen molar-refractivity contribution >= 4 is 37.3 Å². The molecule has 0 saturated heterocycles. The first-order valence-corrected chi connectivity index (χ1v) is 9.56. The van der Waals surface area contributed by atoms with Gasteiger partial charge in [-0.05, 0) is 51.5 Å². The van der Waals surface area contributed by atoms with Crippen molar-refractivity contribution in [3.05, 3.63) is 45.7 Å². The molecule has 0 aliphatic heterocycles. The number of nitrogens with one attached hydrogen (secondary N) is 1. The Bertz CT molecular complexity index is 761. The highest BCUT2D eigenvalue weighted by Gasteiger charge is 2.18. The second-order valence-electron chi connectivity index (χ2n) is 4.34. The lowest BCUT2D eigenvalue weighted by molar-refractivity contribution is 0.370. The molecule has 2 rings (SSSR count). The zero-order valence-electron chi connectivity index (χ0n) is 11.6. The number of thiophene rings is 1. The minimum absolute atomic E-state index is 0.231. The number of sulfonamides is 1. The molecule has 0 radical (unpaired) electrons. The first-order chi connectivity index (χ1) is 10.5.